The molecule has 5 heteroatoms. The molecule has 0 amide bonds. The Kier molecular flexibility index (Phi) is 3.81. The molecule has 1 aromatic rings. The van der Waals surface area contributed by atoms with Crippen LogP contribution in [0.1, 0.15) is 24.8 Å². The van der Waals surface area contributed by atoms with Crippen LogP contribution in [0.15, 0.2) is 18.2 Å². The van der Waals surface area contributed by atoms with E-state index in [1.807, 2.05) is 6.07 Å². The van der Waals surface area contributed by atoms with Crippen LogP contribution in [0.3, 0.4) is 0 Å². The smallest absolute Gasteiger partial charge is 0.274 e. The summed E-state index contributed by atoms with van der Waals surface area (Å²) in [5, 5.41) is 14.3. The van der Waals surface area contributed by atoms with Crippen LogP contribution in [0.2, 0.25) is 0 Å². The zero-order valence-corrected chi connectivity index (χ0v) is 10.6. The maximum absolute atomic E-state index is 10.9. The summed E-state index contributed by atoms with van der Waals surface area (Å²) in [6.07, 6.45) is 3.40. The molecule has 98 valence electrons. The monoisotopic (exact) mass is 249 g/mol. The van der Waals surface area contributed by atoms with E-state index < -0.39 is 0 Å². The number of anilines is 1. The molecule has 0 aliphatic heterocycles. The van der Waals surface area contributed by atoms with Crippen LogP contribution in [0, 0.1) is 23.0 Å². The minimum Gasteiger partial charge on any atom is -0.382 e. The molecule has 1 saturated carbocycles. The maximum Gasteiger partial charge on any atom is 0.274 e. The van der Waals surface area contributed by atoms with Crippen molar-refractivity contribution < 1.29 is 4.92 Å². The first-order valence-corrected chi connectivity index (χ1v) is 6.34. The summed E-state index contributed by atoms with van der Waals surface area (Å²) in [7, 11) is 0. The van der Waals surface area contributed by atoms with Crippen LogP contribution in [-0.2, 0) is 0 Å². The highest BCUT2D eigenvalue weighted by Gasteiger charge is 2.26. The van der Waals surface area contributed by atoms with Gasteiger partial charge in [-0.2, -0.15) is 0 Å². The third-order valence-corrected chi connectivity index (χ3v) is 3.80. The van der Waals surface area contributed by atoms with E-state index in [1.165, 1.54) is 12.5 Å². The third kappa shape index (κ3) is 2.46. The lowest BCUT2D eigenvalue weighted by molar-refractivity contribution is -0.385. The first kappa shape index (κ1) is 12.8. The lowest BCUT2D eigenvalue weighted by Crippen LogP contribution is -2.29. The summed E-state index contributed by atoms with van der Waals surface area (Å²) in [6.45, 7) is 2.46. The molecule has 3 N–H and O–H groups in total. The van der Waals surface area contributed by atoms with Gasteiger partial charge < -0.3 is 11.1 Å². The van der Waals surface area contributed by atoms with Crippen molar-refractivity contribution in [1.29, 1.82) is 0 Å². The van der Waals surface area contributed by atoms with Gasteiger partial charge in [-0.25, -0.2) is 0 Å². The summed E-state index contributed by atoms with van der Waals surface area (Å²) in [4.78, 5) is 10.6. The van der Waals surface area contributed by atoms with E-state index in [9.17, 15) is 10.1 Å². The Morgan fingerprint density at radius 2 is 2.28 bits per heavy atom. The van der Waals surface area contributed by atoms with E-state index in [-0.39, 0.29) is 10.6 Å². The Morgan fingerprint density at radius 1 is 1.50 bits per heavy atom. The number of nitro benzene ring substituents is 1. The predicted molar refractivity (Wildman–Crippen MR) is 71.6 cm³/mol. The summed E-state index contributed by atoms with van der Waals surface area (Å²) in [5.74, 6) is 0.476. The highest BCUT2D eigenvalue weighted by molar-refractivity contribution is 5.60. The van der Waals surface area contributed by atoms with E-state index in [4.69, 9.17) is 5.73 Å². The Balaban J connectivity index is 2.19. The fourth-order valence-electron chi connectivity index (χ4n) is 2.69. The predicted octanol–water partition coefficient (Wildman–Crippen LogP) is 2.44. The second kappa shape index (κ2) is 5.35. The summed E-state index contributed by atoms with van der Waals surface area (Å²) in [5.41, 5.74) is 7.47. The number of rotatable bonds is 4. The van der Waals surface area contributed by atoms with E-state index in [2.05, 4.69) is 5.32 Å². The largest absolute Gasteiger partial charge is 0.382 e. The molecule has 1 aliphatic rings. The Labute approximate surface area is 107 Å². The molecule has 0 bridgehead atoms. The zero-order valence-electron chi connectivity index (χ0n) is 10.6. The van der Waals surface area contributed by atoms with Crippen LogP contribution in [0.4, 0.5) is 11.4 Å². The lowest BCUT2D eigenvalue weighted by atomic mass is 10.0. The topological polar surface area (TPSA) is 81.2 Å². The molecule has 0 saturated heterocycles. The van der Waals surface area contributed by atoms with Crippen LogP contribution in [0.5, 0.6) is 0 Å². The van der Waals surface area contributed by atoms with Gasteiger partial charge in [-0.1, -0.05) is 12.5 Å². The fraction of sp³-hybridized carbons (Fsp3) is 0.538. The lowest BCUT2D eigenvalue weighted by Gasteiger charge is -2.21. The second-order valence-electron chi connectivity index (χ2n) is 4.88. The van der Waals surface area contributed by atoms with Crippen molar-refractivity contribution in [2.24, 2.45) is 11.7 Å². The molecule has 0 spiro atoms. The molecule has 2 rings (SSSR count). The number of benzene rings is 1. The number of hydrogen-bond donors (Lipinski definition) is 2. The average molecular weight is 249 g/mol. The quantitative estimate of drug-likeness (QED) is 0.634. The molecule has 2 atom stereocenters. The van der Waals surface area contributed by atoms with Gasteiger partial charge >= 0.3 is 0 Å². The molecule has 0 heterocycles. The van der Waals surface area contributed by atoms with Gasteiger partial charge in [0.25, 0.3) is 5.69 Å². The van der Waals surface area contributed by atoms with Crippen molar-refractivity contribution >= 4 is 11.4 Å². The number of nitrogens with zero attached hydrogens (tertiary/aromatic N) is 1. The molecular formula is C13H19N3O2. The van der Waals surface area contributed by atoms with Crippen LogP contribution in [-0.4, -0.2) is 17.5 Å². The Morgan fingerprint density at radius 3 is 2.94 bits per heavy atom. The molecular weight excluding hydrogens is 230 g/mol. The van der Waals surface area contributed by atoms with Gasteiger partial charge in [-0.3, -0.25) is 10.1 Å². The fourth-order valence-corrected chi connectivity index (χ4v) is 2.69. The summed E-state index contributed by atoms with van der Waals surface area (Å²) in [6, 6.07) is 5.50. The molecule has 5 nitrogen and oxygen atoms in total. The molecule has 2 unspecified atom stereocenters. The van der Waals surface area contributed by atoms with Crippen LogP contribution < -0.4 is 11.1 Å². The number of hydrogen-bond acceptors (Lipinski definition) is 4. The van der Waals surface area contributed by atoms with Crippen LogP contribution in [0.25, 0.3) is 0 Å². The Hall–Kier alpha value is -1.62. The number of nitrogens with two attached hydrogens (primary N) is 1. The molecule has 1 aromatic carbocycles. The minimum absolute atomic E-state index is 0.169. The van der Waals surface area contributed by atoms with Gasteiger partial charge in [0.05, 0.1) is 4.92 Å². The third-order valence-electron chi connectivity index (χ3n) is 3.80. The average Bonchev–Trinajstić information content (AvgIpc) is 2.78. The first-order chi connectivity index (χ1) is 8.63. The normalized spacial score (nSPS) is 23.0. The number of nitrogens with one attached hydrogen (secondary N) is 1. The molecule has 0 radical (unpaired) electrons. The van der Waals surface area contributed by atoms with Crippen molar-refractivity contribution in [1.82, 2.24) is 0 Å². The van der Waals surface area contributed by atoms with Crippen molar-refractivity contribution in [3.63, 3.8) is 0 Å². The first-order valence-electron chi connectivity index (χ1n) is 6.34. The zero-order chi connectivity index (χ0) is 13.1. The standard InChI is InChI=1S/C13H19N3O2/c1-9-11(5-3-7-13(9)16(17)18)15-12-6-2-4-10(12)8-14/h3,5,7,10,12,15H,2,4,6,8,14H2,1H3. The minimum atomic E-state index is -0.338. The van der Waals surface area contributed by atoms with Crippen LogP contribution >= 0.6 is 0 Å². The van der Waals surface area contributed by atoms with Crippen molar-refractivity contribution in [3.05, 3.63) is 33.9 Å². The van der Waals surface area contributed by atoms with E-state index in [0.29, 0.717) is 24.1 Å². The van der Waals surface area contributed by atoms with Crippen molar-refractivity contribution in [2.45, 2.75) is 32.2 Å². The van der Waals surface area contributed by atoms with Gasteiger partial charge in [0.2, 0.25) is 0 Å². The van der Waals surface area contributed by atoms with Gasteiger partial charge in [-0.05, 0) is 38.3 Å². The highest BCUT2D eigenvalue weighted by Crippen LogP contribution is 2.31. The van der Waals surface area contributed by atoms with E-state index in [0.717, 1.165) is 18.5 Å². The van der Waals surface area contributed by atoms with Crippen molar-refractivity contribution in [2.75, 3.05) is 11.9 Å². The highest BCUT2D eigenvalue weighted by atomic mass is 16.6. The summed E-state index contributed by atoms with van der Waals surface area (Å²) < 4.78 is 0. The van der Waals surface area contributed by atoms with Gasteiger partial charge in [0.15, 0.2) is 0 Å². The van der Waals surface area contributed by atoms with Gasteiger partial charge in [0, 0.05) is 23.4 Å². The molecule has 0 aromatic heterocycles. The maximum atomic E-state index is 10.9. The Bertz CT molecular complexity index is 448. The summed E-state index contributed by atoms with van der Waals surface area (Å²) >= 11 is 0. The SMILES string of the molecule is Cc1c(NC2CCCC2CN)cccc1[N+](=O)[O-]. The number of nitro groups is 1. The van der Waals surface area contributed by atoms with E-state index in [1.54, 1.807) is 13.0 Å². The molecule has 18 heavy (non-hydrogen) atoms. The molecule has 1 fully saturated rings. The van der Waals surface area contributed by atoms with Gasteiger partial charge in [0.1, 0.15) is 0 Å². The van der Waals surface area contributed by atoms with E-state index >= 15 is 0 Å². The molecule has 1 aliphatic carbocycles. The van der Waals surface area contributed by atoms with Crippen molar-refractivity contribution in [3.8, 4) is 0 Å². The van der Waals surface area contributed by atoms with Gasteiger partial charge in [-0.15, -0.1) is 0 Å². The second-order valence-corrected chi connectivity index (χ2v) is 4.88.